The maximum atomic E-state index is 13.6. The zero-order chi connectivity index (χ0) is 18.5. The largest absolute Gasteiger partial charge is 0.203 e. The summed E-state index contributed by atoms with van der Waals surface area (Å²) in [6.45, 7) is 0. The molecule has 0 aliphatic heterocycles. The number of hydrogen-bond acceptors (Lipinski definition) is 0. The Morgan fingerprint density at radius 1 is 0.375 bits per heavy atom. The van der Waals surface area contributed by atoms with Crippen LogP contribution in [0.15, 0.2) is 0 Å². The first-order valence-electron chi connectivity index (χ1n) is 5.51. The predicted octanol–water partition coefficient (Wildman–Crippen LogP) is 4.66. The average Bonchev–Trinajstić information content (AvgIpc) is 2.55. The van der Waals surface area contributed by atoms with Crippen molar-refractivity contribution in [2.24, 2.45) is 0 Å². The van der Waals surface area contributed by atoms with E-state index in [0.29, 0.717) is 0 Å². The van der Waals surface area contributed by atoms with Crippen molar-refractivity contribution in [3.05, 3.63) is 58.2 Å². The van der Waals surface area contributed by atoms with Crippen LogP contribution in [0.25, 0.3) is 0 Å². The SMILES string of the molecule is Fc1c(F)c(F)c(P(Cl)c2c(F)c(F)c(F)c(F)c2F)c(F)c1F. The van der Waals surface area contributed by atoms with Crippen LogP contribution in [0.2, 0.25) is 0 Å². The molecule has 0 nitrogen and oxygen atoms in total. The van der Waals surface area contributed by atoms with Crippen LogP contribution in [0, 0.1) is 58.2 Å². The summed E-state index contributed by atoms with van der Waals surface area (Å²) in [5, 5.41) is -3.79. The minimum absolute atomic E-state index is 1.90. The van der Waals surface area contributed by atoms with Crippen molar-refractivity contribution in [3.63, 3.8) is 0 Å². The van der Waals surface area contributed by atoms with Gasteiger partial charge in [-0.05, 0) is 0 Å². The number of hydrogen-bond donors (Lipinski definition) is 0. The molecule has 2 aromatic carbocycles. The molecule has 0 N–H and O–H groups in total. The quantitative estimate of drug-likeness (QED) is 0.298. The summed E-state index contributed by atoms with van der Waals surface area (Å²) >= 11 is 5.34. The molecule has 0 aliphatic carbocycles. The molecule has 0 aliphatic rings. The molecule has 0 aromatic heterocycles. The van der Waals surface area contributed by atoms with Crippen molar-refractivity contribution in [1.82, 2.24) is 0 Å². The van der Waals surface area contributed by atoms with Gasteiger partial charge in [-0.3, -0.25) is 0 Å². The van der Waals surface area contributed by atoms with Crippen LogP contribution in [0.1, 0.15) is 0 Å². The Morgan fingerprint density at radius 3 is 0.750 bits per heavy atom. The van der Waals surface area contributed by atoms with Gasteiger partial charge in [0.15, 0.2) is 46.5 Å². The van der Waals surface area contributed by atoms with Crippen molar-refractivity contribution in [2.75, 3.05) is 0 Å². The van der Waals surface area contributed by atoms with Crippen molar-refractivity contribution in [2.45, 2.75) is 0 Å². The summed E-state index contributed by atoms with van der Waals surface area (Å²) in [5.41, 5.74) is 0. The molecule has 0 saturated carbocycles. The summed E-state index contributed by atoms with van der Waals surface area (Å²) in [4.78, 5) is 0. The summed E-state index contributed by atoms with van der Waals surface area (Å²) in [5.74, 6) is -25.3. The molecule has 2 aromatic rings. The molecule has 0 amide bonds. The van der Waals surface area contributed by atoms with Crippen LogP contribution in [0.3, 0.4) is 0 Å². The van der Waals surface area contributed by atoms with Gasteiger partial charge >= 0.3 is 0 Å². The fraction of sp³-hybridized carbons (Fsp3) is 0. The molecule has 0 saturated heterocycles. The molecule has 0 bridgehead atoms. The molecule has 0 heterocycles. The van der Waals surface area contributed by atoms with Crippen molar-refractivity contribution >= 4 is 29.1 Å². The molecular weight excluding hydrogens is 401 g/mol. The maximum Gasteiger partial charge on any atom is 0.200 e. The highest BCUT2D eigenvalue weighted by atomic mass is 35.7. The number of rotatable bonds is 2. The Labute approximate surface area is 132 Å². The van der Waals surface area contributed by atoms with E-state index in [1.807, 2.05) is 0 Å². The Hall–Kier alpha value is -1.54. The lowest BCUT2D eigenvalue weighted by Gasteiger charge is -2.16. The summed E-state index contributed by atoms with van der Waals surface area (Å²) in [6.07, 6.45) is 0. The van der Waals surface area contributed by atoms with Gasteiger partial charge in [0.05, 0.1) is 17.9 Å². The number of halogens is 11. The first-order chi connectivity index (χ1) is 11.0. The molecule has 0 spiro atoms. The highest BCUT2D eigenvalue weighted by molar-refractivity contribution is 7.95. The molecule has 12 heteroatoms. The van der Waals surface area contributed by atoms with Gasteiger partial charge in [-0.15, -0.1) is 0 Å². The molecule has 0 radical (unpaired) electrons. The van der Waals surface area contributed by atoms with Crippen LogP contribution in [0.5, 0.6) is 0 Å². The average molecular weight is 401 g/mol. The summed E-state index contributed by atoms with van der Waals surface area (Å²) < 4.78 is 133. The smallest absolute Gasteiger partial charge is 0.200 e. The zero-order valence-electron chi connectivity index (χ0n) is 10.6. The Morgan fingerprint density at radius 2 is 0.542 bits per heavy atom. The van der Waals surface area contributed by atoms with E-state index >= 15 is 0 Å². The monoisotopic (exact) mass is 400 g/mol. The van der Waals surface area contributed by atoms with Gasteiger partial charge < -0.3 is 0 Å². The topological polar surface area (TPSA) is 0 Å². The molecule has 0 atom stereocenters. The third-order valence-electron chi connectivity index (χ3n) is 2.77. The van der Waals surface area contributed by atoms with E-state index in [1.165, 1.54) is 0 Å². The normalized spacial score (nSPS) is 11.5. The van der Waals surface area contributed by atoms with Crippen LogP contribution in [-0.2, 0) is 0 Å². The van der Waals surface area contributed by atoms with Crippen LogP contribution >= 0.6 is 18.5 Å². The zero-order valence-corrected chi connectivity index (χ0v) is 12.3. The maximum absolute atomic E-state index is 13.6. The Bertz CT molecular complexity index is 725. The fourth-order valence-corrected chi connectivity index (χ4v) is 3.84. The van der Waals surface area contributed by atoms with E-state index in [9.17, 15) is 43.9 Å². The minimum Gasteiger partial charge on any atom is -0.203 e. The second kappa shape index (κ2) is 6.40. The van der Waals surface area contributed by atoms with E-state index in [1.54, 1.807) is 0 Å². The van der Waals surface area contributed by atoms with E-state index in [-0.39, 0.29) is 0 Å². The molecule has 130 valence electrons. The van der Waals surface area contributed by atoms with Gasteiger partial charge in [-0.2, -0.15) is 0 Å². The second-order valence-corrected chi connectivity index (χ2v) is 6.59. The first kappa shape index (κ1) is 18.8. The summed E-state index contributed by atoms with van der Waals surface area (Å²) in [6, 6.07) is 0. The van der Waals surface area contributed by atoms with Gasteiger partial charge in [0, 0.05) is 0 Å². The molecule has 24 heavy (non-hydrogen) atoms. The van der Waals surface area contributed by atoms with Crippen LogP contribution < -0.4 is 10.6 Å². The Balaban J connectivity index is 2.84. The van der Waals surface area contributed by atoms with Gasteiger partial charge in [0.1, 0.15) is 0 Å². The van der Waals surface area contributed by atoms with Gasteiger partial charge in [-0.1, -0.05) is 11.2 Å². The molecular formula is C12ClF10P. The first-order valence-corrected chi connectivity index (χ1v) is 7.75. The lowest BCUT2D eigenvalue weighted by molar-refractivity contribution is 0.383. The molecule has 0 unspecified atom stereocenters. The van der Waals surface area contributed by atoms with Crippen molar-refractivity contribution in [3.8, 4) is 0 Å². The number of benzene rings is 2. The van der Waals surface area contributed by atoms with Gasteiger partial charge in [-0.25, -0.2) is 43.9 Å². The standard InChI is InChI=1S/C12ClF10P/c13-24(11-7(20)3(16)1(14)4(17)8(11)21)12-9(22)5(18)2(15)6(19)10(12)23. The van der Waals surface area contributed by atoms with Crippen LogP contribution in [-0.4, -0.2) is 0 Å². The van der Waals surface area contributed by atoms with E-state index in [2.05, 4.69) is 0 Å². The lowest BCUT2D eigenvalue weighted by atomic mass is 10.3. The molecule has 2 rings (SSSR count). The van der Waals surface area contributed by atoms with Crippen molar-refractivity contribution in [1.29, 1.82) is 0 Å². The van der Waals surface area contributed by atoms with Gasteiger partial charge in [0.2, 0.25) is 11.6 Å². The molecule has 0 fully saturated rings. The van der Waals surface area contributed by atoms with Crippen molar-refractivity contribution < 1.29 is 43.9 Å². The summed E-state index contributed by atoms with van der Waals surface area (Å²) in [7, 11) is -3.66. The van der Waals surface area contributed by atoms with E-state index < -0.39 is 76.1 Å². The van der Waals surface area contributed by atoms with Crippen LogP contribution in [0.4, 0.5) is 43.9 Å². The fourth-order valence-electron chi connectivity index (χ4n) is 1.64. The lowest BCUT2D eigenvalue weighted by Crippen LogP contribution is -2.26. The second-order valence-electron chi connectivity index (χ2n) is 4.12. The highest BCUT2D eigenvalue weighted by Gasteiger charge is 2.36. The van der Waals surface area contributed by atoms with E-state index in [4.69, 9.17) is 11.2 Å². The predicted molar refractivity (Wildman–Crippen MR) is 64.5 cm³/mol. The van der Waals surface area contributed by atoms with E-state index in [0.717, 1.165) is 0 Å². The minimum atomic E-state index is -3.66. The third-order valence-corrected chi connectivity index (χ3v) is 5.35. The Kier molecular flexibility index (Phi) is 5.01. The third kappa shape index (κ3) is 2.61. The van der Waals surface area contributed by atoms with Gasteiger partial charge in [0.25, 0.3) is 0 Å². The highest BCUT2D eigenvalue weighted by Crippen LogP contribution is 2.44.